The monoisotopic (exact) mass is 310 g/mol. The number of anilines is 1. The summed E-state index contributed by atoms with van der Waals surface area (Å²) in [6.07, 6.45) is 1.85. The lowest BCUT2D eigenvalue weighted by molar-refractivity contribution is 0.359. The highest BCUT2D eigenvalue weighted by atomic mass is 16.3. The molecule has 5 nitrogen and oxygen atoms in total. The van der Waals surface area contributed by atoms with Gasteiger partial charge in [0, 0.05) is 37.0 Å². The van der Waals surface area contributed by atoms with Crippen LogP contribution >= 0.6 is 0 Å². The molecule has 0 radical (unpaired) electrons. The summed E-state index contributed by atoms with van der Waals surface area (Å²) in [6.45, 7) is 7.17. The summed E-state index contributed by atoms with van der Waals surface area (Å²) in [4.78, 5) is 0. The first-order valence-corrected chi connectivity index (χ1v) is 8.19. The topological polar surface area (TPSA) is 55.0 Å². The molecule has 0 fully saturated rings. The number of aryl methyl sites for hydroxylation is 1. The fraction of sp³-hybridized carbons (Fsp3) is 0.389. The number of para-hydroxylation sites is 1. The second kappa shape index (κ2) is 5.74. The van der Waals surface area contributed by atoms with E-state index in [2.05, 4.69) is 41.7 Å². The Morgan fingerprint density at radius 1 is 1.39 bits per heavy atom. The fourth-order valence-corrected chi connectivity index (χ4v) is 3.37. The van der Waals surface area contributed by atoms with Crippen molar-refractivity contribution in [2.75, 3.05) is 18.4 Å². The molecule has 5 heteroatoms. The molecule has 0 amide bonds. The van der Waals surface area contributed by atoms with Crippen LogP contribution in [0.5, 0.6) is 0 Å². The van der Waals surface area contributed by atoms with Gasteiger partial charge in [-0.25, -0.2) is 4.68 Å². The van der Waals surface area contributed by atoms with Gasteiger partial charge in [0.2, 0.25) is 0 Å². The molecule has 0 spiro atoms. The molecule has 0 saturated carbocycles. The number of rotatable bonds is 4. The van der Waals surface area contributed by atoms with Crippen LogP contribution in [0.25, 0.3) is 11.0 Å². The summed E-state index contributed by atoms with van der Waals surface area (Å²) < 4.78 is 8.08. The fourth-order valence-electron chi connectivity index (χ4n) is 3.37. The maximum atomic E-state index is 6.05. The number of furan rings is 1. The molecule has 0 saturated heterocycles. The zero-order valence-electron chi connectivity index (χ0n) is 13.5. The molecular formula is C18H22N4O. The Morgan fingerprint density at radius 3 is 3.13 bits per heavy atom. The second-order valence-corrected chi connectivity index (χ2v) is 6.36. The van der Waals surface area contributed by atoms with Crippen molar-refractivity contribution in [1.29, 1.82) is 0 Å². The Hall–Kier alpha value is -2.27. The molecule has 2 N–H and O–H groups in total. The van der Waals surface area contributed by atoms with Crippen LogP contribution in [0.4, 0.5) is 5.82 Å². The number of fused-ring (bicyclic) bond motifs is 2. The molecular weight excluding hydrogens is 288 g/mol. The van der Waals surface area contributed by atoms with Crippen molar-refractivity contribution in [2.24, 2.45) is 5.92 Å². The van der Waals surface area contributed by atoms with E-state index in [0.29, 0.717) is 5.92 Å². The molecule has 1 aromatic carbocycles. The van der Waals surface area contributed by atoms with Gasteiger partial charge >= 0.3 is 0 Å². The van der Waals surface area contributed by atoms with Crippen molar-refractivity contribution in [1.82, 2.24) is 15.1 Å². The average molecular weight is 310 g/mol. The van der Waals surface area contributed by atoms with Gasteiger partial charge in [0.1, 0.15) is 17.2 Å². The summed E-state index contributed by atoms with van der Waals surface area (Å²) in [5.74, 6) is 2.67. The van der Waals surface area contributed by atoms with Crippen molar-refractivity contribution < 1.29 is 4.42 Å². The highest BCUT2D eigenvalue weighted by Crippen LogP contribution is 2.29. The Morgan fingerprint density at radius 2 is 2.26 bits per heavy atom. The van der Waals surface area contributed by atoms with Crippen LogP contribution < -0.4 is 10.6 Å². The van der Waals surface area contributed by atoms with Crippen molar-refractivity contribution in [3.8, 4) is 0 Å². The molecule has 3 heterocycles. The molecule has 0 aliphatic carbocycles. The van der Waals surface area contributed by atoms with Gasteiger partial charge in [-0.3, -0.25) is 0 Å². The van der Waals surface area contributed by atoms with Crippen LogP contribution in [0.15, 0.2) is 40.9 Å². The van der Waals surface area contributed by atoms with Crippen molar-refractivity contribution in [3.05, 3.63) is 47.9 Å². The molecule has 1 aliphatic rings. The first kappa shape index (κ1) is 14.3. The number of nitrogens with one attached hydrogen (secondary N) is 2. The summed E-state index contributed by atoms with van der Waals surface area (Å²) in [7, 11) is 0. The summed E-state index contributed by atoms with van der Waals surface area (Å²) >= 11 is 0. The molecule has 23 heavy (non-hydrogen) atoms. The normalized spacial score (nSPS) is 18.6. The number of hydrogen-bond acceptors (Lipinski definition) is 4. The first-order chi connectivity index (χ1) is 11.2. The lowest BCUT2D eigenvalue weighted by atomic mass is 10.1. The highest BCUT2D eigenvalue weighted by molar-refractivity contribution is 5.82. The van der Waals surface area contributed by atoms with Crippen molar-refractivity contribution in [3.63, 3.8) is 0 Å². The molecule has 120 valence electrons. The summed E-state index contributed by atoms with van der Waals surface area (Å²) in [6, 6.07) is 10.4. The van der Waals surface area contributed by atoms with E-state index in [0.717, 1.165) is 36.8 Å². The predicted octanol–water partition coefficient (Wildman–Crippen LogP) is 3.33. The SMILES string of the molecule is Cc1c(C(C)NCC2CNc3ccnn3C2)oc2ccccc12. The molecule has 2 unspecified atom stereocenters. The molecule has 1 aliphatic heterocycles. The molecule has 4 rings (SSSR count). The van der Waals surface area contributed by atoms with Crippen LogP contribution in [0.1, 0.15) is 24.3 Å². The van der Waals surface area contributed by atoms with E-state index in [9.17, 15) is 0 Å². The maximum Gasteiger partial charge on any atom is 0.134 e. The molecule has 3 aromatic rings. The van der Waals surface area contributed by atoms with Crippen LogP contribution in [-0.2, 0) is 6.54 Å². The van der Waals surface area contributed by atoms with Crippen LogP contribution in [0, 0.1) is 12.8 Å². The third kappa shape index (κ3) is 2.61. The number of hydrogen-bond donors (Lipinski definition) is 2. The van der Waals surface area contributed by atoms with Crippen LogP contribution in [-0.4, -0.2) is 22.9 Å². The lowest BCUT2D eigenvalue weighted by Crippen LogP contribution is -2.36. The Bertz CT molecular complexity index is 819. The van der Waals surface area contributed by atoms with E-state index < -0.39 is 0 Å². The molecule has 2 atom stereocenters. The summed E-state index contributed by atoms with van der Waals surface area (Å²) in [5.41, 5.74) is 2.20. The number of benzene rings is 1. The van der Waals surface area contributed by atoms with Gasteiger partial charge in [0.25, 0.3) is 0 Å². The maximum absolute atomic E-state index is 6.05. The molecule has 2 aromatic heterocycles. The van der Waals surface area contributed by atoms with Gasteiger partial charge in [-0.05, 0) is 25.5 Å². The van der Waals surface area contributed by atoms with Gasteiger partial charge in [-0.15, -0.1) is 0 Å². The van der Waals surface area contributed by atoms with Crippen LogP contribution in [0.2, 0.25) is 0 Å². The second-order valence-electron chi connectivity index (χ2n) is 6.36. The third-order valence-corrected chi connectivity index (χ3v) is 4.71. The van der Waals surface area contributed by atoms with E-state index in [1.807, 2.05) is 29.1 Å². The zero-order valence-corrected chi connectivity index (χ0v) is 13.5. The Labute approximate surface area is 135 Å². The Balaban J connectivity index is 1.43. The van der Waals surface area contributed by atoms with E-state index in [-0.39, 0.29) is 6.04 Å². The number of aromatic nitrogens is 2. The number of nitrogens with zero attached hydrogens (tertiary/aromatic N) is 2. The Kier molecular flexibility index (Phi) is 3.58. The van der Waals surface area contributed by atoms with Crippen molar-refractivity contribution in [2.45, 2.75) is 26.4 Å². The van der Waals surface area contributed by atoms with Crippen molar-refractivity contribution >= 4 is 16.8 Å². The zero-order chi connectivity index (χ0) is 15.8. The average Bonchev–Trinajstić information content (AvgIpc) is 3.17. The van der Waals surface area contributed by atoms with E-state index in [4.69, 9.17) is 4.42 Å². The van der Waals surface area contributed by atoms with Gasteiger partial charge < -0.3 is 15.1 Å². The first-order valence-electron chi connectivity index (χ1n) is 8.19. The van der Waals surface area contributed by atoms with Gasteiger partial charge in [0.05, 0.1) is 12.2 Å². The van der Waals surface area contributed by atoms with Gasteiger partial charge in [0.15, 0.2) is 0 Å². The third-order valence-electron chi connectivity index (χ3n) is 4.71. The predicted molar refractivity (Wildman–Crippen MR) is 91.6 cm³/mol. The quantitative estimate of drug-likeness (QED) is 0.776. The minimum Gasteiger partial charge on any atom is -0.459 e. The van der Waals surface area contributed by atoms with Gasteiger partial charge in [-0.1, -0.05) is 18.2 Å². The van der Waals surface area contributed by atoms with Gasteiger partial charge in [-0.2, -0.15) is 5.10 Å². The smallest absolute Gasteiger partial charge is 0.134 e. The minimum absolute atomic E-state index is 0.196. The lowest BCUT2D eigenvalue weighted by Gasteiger charge is -2.26. The van der Waals surface area contributed by atoms with E-state index in [1.54, 1.807) is 0 Å². The van der Waals surface area contributed by atoms with E-state index >= 15 is 0 Å². The van der Waals surface area contributed by atoms with E-state index in [1.165, 1.54) is 10.9 Å². The minimum atomic E-state index is 0.196. The highest BCUT2D eigenvalue weighted by Gasteiger charge is 2.21. The standard InChI is InChI=1S/C18H22N4O/c1-12-15-5-3-4-6-16(15)23-18(12)13(2)19-9-14-10-20-17-7-8-21-22(17)11-14/h3-8,13-14,19-20H,9-11H2,1-2H3. The summed E-state index contributed by atoms with van der Waals surface area (Å²) in [5, 5.41) is 12.6. The molecule has 0 bridgehead atoms. The van der Waals surface area contributed by atoms with Crippen LogP contribution in [0.3, 0.4) is 0 Å². The largest absolute Gasteiger partial charge is 0.459 e.